The molecule has 0 amide bonds. The van der Waals surface area contributed by atoms with E-state index in [-0.39, 0.29) is 11.8 Å². The monoisotopic (exact) mass is 662 g/mol. The molecule has 0 aliphatic heterocycles. The van der Waals surface area contributed by atoms with Gasteiger partial charge in [-0.3, -0.25) is 0 Å². The molecule has 0 aliphatic carbocycles. The molecule has 6 rings (SSSR count). The van der Waals surface area contributed by atoms with Crippen LogP contribution in [0.1, 0.15) is 84.0 Å². The Morgan fingerprint density at radius 1 is 0.380 bits per heavy atom. The van der Waals surface area contributed by atoms with Crippen molar-refractivity contribution in [1.82, 2.24) is 10.6 Å². The molecule has 256 valence electrons. The van der Waals surface area contributed by atoms with Crippen molar-refractivity contribution in [2.24, 2.45) is 0 Å². The summed E-state index contributed by atoms with van der Waals surface area (Å²) in [5.41, 5.74) is 7.03. The van der Waals surface area contributed by atoms with Gasteiger partial charge in [0.05, 0.1) is 0 Å². The lowest BCUT2D eigenvalue weighted by atomic mass is 9.88. The molecule has 50 heavy (non-hydrogen) atoms. The molecule has 0 spiro atoms. The largest absolute Gasteiger partial charge is 0.508 e. The number of benzene rings is 6. The summed E-state index contributed by atoms with van der Waals surface area (Å²) in [6.45, 7) is 6.13. The van der Waals surface area contributed by atoms with Crippen LogP contribution in [0.15, 0.2) is 170 Å². The fraction of sp³-hybridized carbons (Fsp3) is 0.217. The number of para-hydroxylation sites is 2. The van der Waals surface area contributed by atoms with Gasteiger partial charge in [-0.2, -0.15) is 0 Å². The molecule has 6 aromatic rings. The minimum Gasteiger partial charge on any atom is -0.508 e. The molecule has 4 unspecified atom stereocenters. The third kappa shape index (κ3) is 10.4. The van der Waals surface area contributed by atoms with Crippen molar-refractivity contribution in [2.45, 2.75) is 50.6 Å². The van der Waals surface area contributed by atoms with E-state index < -0.39 is 0 Å². The highest BCUT2D eigenvalue weighted by molar-refractivity contribution is 5.42. The molecule has 4 atom stereocenters. The van der Waals surface area contributed by atoms with E-state index in [0.29, 0.717) is 23.6 Å². The van der Waals surface area contributed by atoms with Crippen LogP contribution in [0.2, 0.25) is 0 Å². The Labute approximate surface area is 298 Å². The van der Waals surface area contributed by atoms with Gasteiger partial charge >= 0.3 is 0 Å². The summed E-state index contributed by atoms with van der Waals surface area (Å²) >= 11 is 0. The predicted molar refractivity (Wildman–Crippen MR) is 208 cm³/mol. The Hall–Kier alpha value is -5.16. The second-order valence-corrected chi connectivity index (χ2v) is 12.8. The highest BCUT2D eigenvalue weighted by Crippen LogP contribution is 2.35. The number of hydrogen-bond acceptors (Lipinski definition) is 4. The fourth-order valence-corrected chi connectivity index (χ4v) is 6.55. The van der Waals surface area contributed by atoms with Gasteiger partial charge in [0.1, 0.15) is 11.5 Å². The molecule has 4 nitrogen and oxygen atoms in total. The number of aromatic hydroxyl groups is 2. The molecule has 0 fully saturated rings. The Kier molecular flexibility index (Phi) is 13.8. The average Bonchev–Trinajstić information content (AvgIpc) is 3.17. The Morgan fingerprint density at radius 2 is 0.660 bits per heavy atom. The third-order valence-corrected chi connectivity index (χ3v) is 9.39. The van der Waals surface area contributed by atoms with E-state index in [9.17, 15) is 10.2 Å². The van der Waals surface area contributed by atoms with Crippen LogP contribution in [0.25, 0.3) is 0 Å². The van der Waals surface area contributed by atoms with Crippen molar-refractivity contribution in [3.8, 4) is 11.5 Å². The predicted octanol–water partition coefficient (Wildman–Crippen LogP) is 10.5. The average molecular weight is 663 g/mol. The summed E-state index contributed by atoms with van der Waals surface area (Å²) in [5.74, 6) is 1.09. The Morgan fingerprint density at radius 3 is 0.980 bits per heavy atom. The summed E-state index contributed by atoms with van der Waals surface area (Å²) in [6.07, 6.45) is 1.86. The zero-order valence-electron chi connectivity index (χ0n) is 29.2. The van der Waals surface area contributed by atoms with Crippen LogP contribution in [0, 0.1) is 0 Å². The first-order chi connectivity index (χ1) is 24.5. The van der Waals surface area contributed by atoms with Gasteiger partial charge in [-0.15, -0.1) is 0 Å². The molecular formula is C46H50N2O2. The van der Waals surface area contributed by atoms with Crippen LogP contribution in [0.4, 0.5) is 0 Å². The first kappa shape index (κ1) is 36.1. The maximum atomic E-state index is 10.3. The molecular weight excluding hydrogens is 613 g/mol. The minimum atomic E-state index is 0.179. The van der Waals surface area contributed by atoms with Crippen molar-refractivity contribution in [3.63, 3.8) is 0 Å². The van der Waals surface area contributed by atoms with Gasteiger partial charge in [0.25, 0.3) is 0 Å². The Bertz CT molecular complexity index is 1680. The SMILES string of the molecule is CC(NCCC(c1ccccc1)c1ccccc1O)c1ccccc1.CC(NCCC(c1ccccc1)c1ccccc1O)c1ccccc1. The van der Waals surface area contributed by atoms with Gasteiger partial charge < -0.3 is 20.8 Å². The molecule has 0 saturated heterocycles. The second kappa shape index (κ2) is 19.1. The highest BCUT2D eigenvalue weighted by atomic mass is 16.3. The van der Waals surface area contributed by atoms with Crippen LogP contribution >= 0.6 is 0 Å². The summed E-state index contributed by atoms with van der Waals surface area (Å²) in [5, 5.41) is 27.8. The number of phenols is 2. The maximum Gasteiger partial charge on any atom is 0.119 e. The molecule has 6 aromatic carbocycles. The molecule has 0 aromatic heterocycles. The lowest BCUT2D eigenvalue weighted by molar-refractivity contribution is 0.459. The number of nitrogens with one attached hydrogen (secondary N) is 2. The van der Waals surface area contributed by atoms with E-state index in [2.05, 4.69) is 122 Å². The van der Waals surface area contributed by atoms with Crippen LogP contribution in [-0.2, 0) is 0 Å². The lowest BCUT2D eigenvalue weighted by Crippen LogP contribution is -2.21. The summed E-state index contributed by atoms with van der Waals surface area (Å²) in [4.78, 5) is 0. The highest BCUT2D eigenvalue weighted by Gasteiger charge is 2.19. The molecule has 4 N–H and O–H groups in total. The standard InChI is InChI=1S/2C23H25NO/c2*1-18(19-10-4-2-5-11-19)24-17-16-21(20-12-6-3-7-13-20)22-14-8-9-15-23(22)25/h2*2-15,18,21,24-25H,16-17H2,1H3. The summed E-state index contributed by atoms with van der Waals surface area (Å²) in [6, 6.07) is 57.7. The third-order valence-electron chi connectivity index (χ3n) is 9.39. The number of rotatable bonds is 14. The first-order valence-corrected chi connectivity index (χ1v) is 17.7. The molecule has 0 radical (unpaired) electrons. The van der Waals surface area contributed by atoms with Crippen molar-refractivity contribution < 1.29 is 10.2 Å². The lowest BCUT2D eigenvalue weighted by Gasteiger charge is -2.21. The molecule has 0 heterocycles. The molecule has 0 saturated carbocycles. The van der Waals surface area contributed by atoms with E-state index in [1.54, 1.807) is 12.1 Å². The van der Waals surface area contributed by atoms with Crippen molar-refractivity contribution in [2.75, 3.05) is 13.1 Å². The topological polar surface area (TPSA) is 64.5 Å². The van der Waals surface area contributed by atoms with Crippen LogP contribution < -0.4 is 10.6 Å². The summed E-state index contributed by atoms with van der Waals surface area (Å²) < 4.78 is 0. The smallest absolute Gasteiger partial charge is 0.119 e. The second-order valence-electron chi connectivity index (χ2n) is 12.8. The van der Waals surface area contributed by atoms with E-state index in [0.717, 1.165) is 37.1 Å². The van der Waals surface area contributed by atoms with Crippen molar-refractivity contribution in [1.29, 1.82) is 0 Å². The Balaban J connectivity index is 0.000000194. The zero-order chi connectivity index (χ0) is 35.0. The van der Waals surface area contributed by atoms with Gasteiger partial charge in [-0.25, -0.2) is 0 Å². The first-order valence-electron chi connectivity index (χ1n) is 17.7. The van der Waals surface area contributed by atoms with Gasteiger partial charge in [-0.1, -0.05) is 158 Å². The van der Waals surface area contributed by atoms with E-state index in [1.165, 1.54) is 22.3 Å². The van der Waals surface area contributed by atoms with E-state index in [1.807, 2.05) is 60.7 Å². The van der Waals surface area contributed by atoms with E-state index in [4.69, 9.17) is 0 Å². The van der Waals surface area contributed by atoms with Crippen molar-refractivity contribution in [3.05, 3.63) is 203 Å². The molecule has 0 aliphatic rings. The van der Waals surface area contributed by atoms with Crippen LogP contribution in [0.5, 0.6) is 11.5 Å². The molecule has 0 bridgehead atoms. The number of hydrogen-bond donors (Lipinski definition) is 4. The maximum absolute atomic E-state index is 10.3. The van der Waals surface area contributed by atoms with E-state index >= 15 is 0 Å². The van der Waals surface area contributed by atoms with Crippen LogP contribution in [0.3, 0.4) is 0 Å². The quantitative estimate of drug-likeness (QED) is 0.0937. The van der Waals surface area contributed by atoms with Gasteiger partial charge in [0.15, 0.2) is 0 Å². The van der Waals surface area contributed by atoms with Gasteiger partial charge in [0, 0.05) is 35.0 Å². The van der Waals surface area contributed by atoms with Crippen molar-refractivity contribution >= 4 is 0 Å². The fourth-order valence-electron chi connectivity index (χ4n) is 6.55. The van der Waals surface area contributed by atoms with Crippen LogP contribution in [-0.4, -0.2) is 23.3 Å². The normalized spacial score (nSPS) is 13.3. The summed E-state index contributed by atoms with van der Waals surface area (Å²) in [7, 11) is 0. The zero-order valence-corrected chi connectivity index (χ0v) is 29.2. The number of phenolic OH excluding ortho intramolecular Hbond substituents is 2. The van der Waals surface area contributed by atoms with Gasteiger partial charge in [0.2, 0.25) is 0 Å². The minimum absolute atomic E-state index is 0.179. The van der Waals surface area contributed by atoms with Gasteiger partial charge in [-0.05, 0) is 74.2 Å². The molecule has 4 heteroatoms.